The van der Waals surface area contributed by atoms with E-state index in [1.807, 2.05) is 43.3 Å². The van der Waals surface area contributed by atoms with Gasteiger partial charge in [0.1, 0.15) is 12.4 Å². The van der Waals surface area contributed by atoms with E-state index >= 15 is 0 Å². The predicted molar refractivity (Wildman–Crippen MR) is 132 cm³/mol. The maximum Gasteiger partial charge on any atom is 0.237 e. The van der Waals surface area contributed by atoms with Gasteiger partial charge in [0.2, 0.25) is 5.91 Å². The average molecular weight is 444 g/mol. The third-order valence-electron chi connectivity index (χ3n) is 6.03. The smallest absolute Gasteiger partial charge is 0.237 e. The highest BCUT2D eigenvalue weighted by Gasteiger charge is 2.36. The van der Waals surface area contributed by atoms with Crippen molar-refractivity contribution in [1.82, 2.24) is 15.5 Å². The number of ether oxygens (including phenoxy) is 1. The molecule has 1 saturated heterocycles. The van der Waals surface area contributed by atoms with E-state index in [1.165, 1.54) is 11.1 Å². The van der Waals surface area contributed by atoms with Gasteiger partial charge in [0.15, 0.2) is 0 Å². The molecule has 1 aliphatic rings. The molecule has 0 spiro atoms. The van der Waals surface area contributed by atoms with Crippen molar-refractivity contribution >= 4 is 5.91 Å². The van der Waals surface area contributed by atoms with Crippen LogP contribution < -0.4 is 15.4 Å². The molecule has 0 aromatic heterocycles. The minimum atomic E-state index is -0.108. The quantitative estimate of drug-likeness (QED) is 0.495. The van der Waals surface area contributed by atoms with Crippen molar-refractivity contribution in [3.63, 3.8) is 0 Å². The fourth-order valence-electron chi connectivity index (χ4n) is 4.36. The van der Waals surface area contributed by atoms with E-state index in [-0.39, 0.29) is 18.0 Å². The Morgan fingerprint density at radius 2 is 1.64 bits per heavy atom. The molecule has 5 nitrogen and oxygen atoms in total. The highest BCUT2D eigenvalue weighted by Crippen LogP contribution is 2.22. The van der Waals surface area contributed by atoms with E-state index in [2.05, 4.69) is 64.1 Å². The summed E-state index contributed by atoms with van der Waals surface area (Å²) in [6.07, 6.45) is 0.808. The summed E-state index contributed by atoms with van der Waals surface area (Å²) in [6, 6.07) is 28.9. The Morgan fingerprint density at radius 1 is 0.939 bits per heavy atom. The lowest BCUT2D eigenvalue weighted by molar-refractivity contribution is -0.125. The molecule has 33 heavy (non-hydrogen) atoms. The number of benzene rings is 3. The summed E-state index contributed by atoms with van der Waals surface area (Å²) in [5.74, 6) is 0.990. The van der Waals surface area contributed by atoms with Crippen LogP contribution in [-0.2, 0) is 24.5 Å². The topological polar surface area (TPSA) is 53.6 Å². The second-order valence-corrected chi connectivity index (χ2v) is 8.56. The van der Waals surface area contributed by atoms with Gasteiger partial charge in [-0.15, -0.1) is 0 Å². The van der Waals surface area contributed by atoms with E-state index in [0.29, 0.717) is 13.2 Å². The third-order valence-corrected chi connectivity index (χ3v) is 6.03. The Labute approximate surface area is 196 Å². The first-order chi connectivity index (χ1) is 16.2. The van der Waals surface area contributed by atoms with Gasteiger partial charge in [-0.2, -0.15) is 0 Å². The number of nitrogens with zero attached hydrogens (tertiary/aromatic N) is 1. The van der Waals surface area contributed by atoms with E-state index in [4.69, 9.17) is 4.74 Å². The number of carbonyl (C=O) groups excluding carboxylic acids is 1. The van der Waals surface area contributed by atoms with Crippen LogP contribution in [0.1, 0.15) is 30.0 Å². The Hall–Kier alpha value is -3.15. The second kappa shape index (κ2) is 11.6. The molecular weight excluding hydrogens is 410 g/mol. The molecule has 0 bridgehead atoms. The van der Waals surface area contributed by atoms with Crippen molar-refractivity contribution in [3.05, 3.63) is 102 Å². The number of carbonyl (C=O) groups is 1. The van der Waals surface area contributed by atoms with Gasteiger partial charge in [-0.25, -0.2) is 0 Å². The molecule has 0 aliphatic carbocycles. The minimum absolute atomic E-state index is 0.108. The summed E-state index contributed by atoms with van der Waals surface area (Å²) in [5, 5.41) is 6.67. The Bertz CT molecular complexity index is 1010. The molecule has 2 atom stereocenters. The summed E-state index contributed by atoms with van der Waals surface area (Å²) < 4.78 is 5.97. The standard InChI is InChI=1S/C28H33N3O2/c1-2-29-28(32)27-17-25(20-31(27)19-22-10-5-3-6-11-22)30-18-24-14-9-15-26(16-24)33-21-23-12-7-4-8-13-23/h3-16,25,27,30H,2,17-21H2,1H3,(H,29,32)/t25-,27-/m0/s1. The maximum atomic E-state index is 12.7. The van der Waals surface area contributed by atoms with Gasteiger partial charge in [0, 0.05) is 32.2 Å². The molecule has 5 heteroatoms. The number of amides is 1. The molecule has 0 saturated carbocycles. The van der Waals surface area contributed by atoms with Crippen LogP contribution in [0.5, 0.6) is 5.75 Å². The van der Waals surface area contributed by atoms with Crippen LogP contribution in [0, 0.1) is 0 Å². The van der Waals surface area contributed by atoms with Crippen LogP contribution in [0.3, 0.4) is 0 Å². The molecule has 1 fully saturated rings. The molecule has 2 N–H and O–H groups in total. The van der Waals surface area contributed by atoms with Crippen molar-refractivity contribution in [2.24, 2.45) is 0 Å². The maximum absolute atomic E-state index is 12.7. The SMILES string of the molecule is CCNC(=O)[C@@H]1C[C@H](NCc2cccc(OCc3ccccc3)c2)CN1Cc1ccccc1. The largest absolute Gasteiger partial charge is 0.489 e. The second-order valence-electron chi connectivity index (χ2n) is 8.56. The normalized spacial score (nSPS) is 18.2. The van der Waals surface area contributed by atoms with E-state index in [0.717, 1.165) is 37.4 Å². The minimum Gasteiger partial charge on any atom is -0.489 e. The molecular formula is C28H33N3O2. The van der Waals surface area contributed by atoms with Gasteiger partial charge < -0.3 is 15.4 Å². The van der Waals surface area contributed by atoms with Crippen molar-refractivity contribution in [3.8, 4) is 5.75 Å². The summed E-state index contributed by atoms with van der Waals surface area (Å²) in [7, 11) is 0. The van der Waals surface area contributed by atoms with Crippen molar-refractivity contribution < 1.29 is 9.53 Å². The van der Waals surface area contributed by atoms with Crippen LogP contribution in [-0.4, -0.2) is 36.0 Å². The molecule has 0 unspecified atom stereocenters. The predicted octanol–water partition coefficient (Wildman–Crippen LogP) is 4.13. The van der Waals surface area contributed by atoms with Gasteiger partial charge in [0.25, 0.3) is 0 Å². The van der Waals surface area contributed by atoms with Gasteiger partial charge in [-0.3, -0.25) is 9.69 Å². The summed E-state index contributed by atoms with van der Waals surface area (Å²) in [4.78, 5) is 15.0. The molecule has 1 aliphatic heterocycles. The van der Waals surface area contributed by atoms with E-state index in [1.54, 1.807) is 0 Å². The first kappa shape index (κ1) is 23.0. The third kappa shape index (κ3) is 6.67. The lowest BCUT2D eigenvalue weighted by atomic mass is 10.1. The number of hydrogen-bond acceptors (Lipinski definition) is 4. The monoisotopic (exact) mass is 443 g/mol. The fourth-order valence-corrected chi connectivity index (χ4v) is 4.36. The van der Waals surface area contributed by atoms with Crippen LogP contribution in [0.4, 0.5) is 0 Å². The average Bonchev–Trinajstić information content (AvgIpc) is 3.26. The van der Waals surface area contributed by atoms with Crippen LogP contribution >= 0.6 is 0 Å². The molecule has 1 amide bonds. The molecule has 4 rings (SSSR count). The molecule has 172 valence electrons. The first-order valence-corrected chi connectivity index (χ1v) is 11.8. The molecule has 3 aromatic rings. The molecule has 0 radical (unpaired) electrons. The number of likely N-dealkylation sites (N-methyl/N-ethyl adjacent to an activating group) is 1. The highest BCUT2D eigenvalue weighted by molar-refractivity contribution is 5.82. The van der Waals surface area contributed by atoms with E-state index in [9.17, 15) is 4.79 Å². The van der Waals surface area contributed by atoms with Gasteiger partial charge in [-0.1, -0.05) is 72.8 Å². The zero-order valence-electron chi connectivity index (χ0n) is 19.2. The van der Waals surface area contributed by atoms with Gasteiger partial charge in [-0.05, 0) is 42.2 Å². The summed E-state index contributed by atoms with van der Waals surface area (Å²) in [6.45, 7) is 5.56. The molecule has 3 aromatic carbocycles. The zero-order valence-corrected chi connectivity index (χ0v) is 19.2. The van der Waals surface area contributed by atoms with Gasteiger partial charge >= 0.3 is 0 Å². The van der Waals surface area contributed by atoms with Crippen LogP contribution in [0.2, 0.25) is 0 Å². The first-order valence-electron chi connectivity index (χ1n) is 11.8. The number of nitrogens with one attached hydrogen (secondary N) is 2. The number of rotatable bonds is 10. The van der Waals surface area contributed by atoms with Crippen molar-refractivity contribution in [2.45, 2.75) is 45.1 Å². The van der Waals surface area contributed by atoms with E-state index < -0.39 is 0 Å². The molecule has 1 heterocycles. The van der Waals surface area contributed by atoms with Crippen LogP contribution in [0.15, 0.2) is 84.9 Å². The Kier molecular flexibility index (Phi) is 8.12. The fraction of sp³-hybridized carbons (Fsp3) is 0.321. The lowest BCUT2D eigenvalue weighted by Gasteiger charge is -2.23. The summed E-state index contributed by atoms with van der Waals surface area (Å²) in [5.41, 5.74) is 3.56. The summed E-state index contributed by atoms with van der Waals surface area (Å²) >= 11 is 0. The highest BCUT2D eigenvalue weighted by atomic mass is 16.5. The Morgan fingerprint density at radius 3 is 2.36 bits per heavy atom. The number of hydrogen-bond donors (Lipinski definition) is 2. The van der Waals surface area contributed by atoms with Gasteiger partial charge in [0.05, 0.1) is 6.04 Å². The van der Waals surface area contributed by atoms with Crippen molar-refractivity contribution in [2.75, 3.05) is 13.1 Å². The van der Waals surface area contributed by atoms with Crippen molar-refractivity contribution in [1.29, 1.82) is 0 Å². The number of likely N-dealkylation sites (tertiary alicyclic amines) is 1. The lowest BCUT2D eigenvalue weighted by Crippen LogP contribution is -2.42. The zero-order chi connectivity index (χ0) is 22.9. The Balaban J connectivity index is 1.34. The van der Waals surface area contributed by atoms with Crippen LogP contribution in [0.25, 0.3) is 0 Å².